The number of carboxylic acid groups (broad SMARTS) is 1. The Bertz CT molecular complexity index is 991. The van der Waals surface area contributed by atoms with Gasteiger partial charge in [0.2, 0.25) is 0 Å². The molecule has 0 aliphatic rings. The van der Waals surface area contributed by atoms with Crippen LogP contribution >= 0.6 is 35.2 Å². The lowest BCUT2D eigenvalue weighted by Gasteiger charge is -2.06. The maximum atomic E-state index is 12.6. The third-order valence-electron chi connectivity index (χ3n) is 3.78. The number of carbonyl (C=O) groups excluding carboxylic acids is 1. The Balaban J connectivity index is 1.78. The molecular weight excluding hydrogens is 376 g/mol. The van der Waals surface area contributed by atoms with Gasteiger partial charge in [0.15, 0.2) is 5.78 Å². The third kappa shape index (κ3) is 3.79. The van der Waals surface area contributed by atoms with Gasteiger partial charge in [0.05, 0.1) is 15.5 Å². The van der Waals surface area contributed by atoms with Crippen LogP contribution in [0.3, 0.4) is 0 Å². The lowest BCUT2D eigenvalue weighted by Crippen LogP contribution is -2.11. The summed E-state index contributed by atoms with van der Waals surface area (Å²) in [5.74, 6) is -1.14. The molecule has 3 nitrogen and oxygen atoms in total. The van der Waals surface area contributed by atoms with Crippen molar-refractivity contribution in [2.45, 2.75) is 12.8 Å². The van der Waals surface area contributed by atoms with Gasteiger partial charge in [-0.1, -0.05) is 60.2 Å². The van der Waals surface area contributed by atoms with E-state index in [-0.39, 0.29) is 24.2 Å². The summed E-state index contributed by atoms with van der Waals surface area (Å²) in [5.41, 5.74) is 0.812. The van der Waals surface area contributed by atoms with Crippen LogP contribution in [-0.2, 0) is 6.42 Å². The van der Waals surface area contributed by atoms with Crippen molar-refractivity contribution in [1.82, 2.24) is 0 Å². The van der Waals surface area contributed by atoms with Gasteiger partial charge >= 0.3 is 5.97 Å². The molecule has 0 unspecified atom stereocenters. The molecule has 0 aliphatic carbocycles. The minimum Gasteiger partial charge on any atom is -0.478 e. The van der Waals surface area contributed by atoms with E-state index in [1.54, 1.807) is 18.2 Å². The molecule has 0 radical (unpaired) electrons. The Hall–Kier alpha value is -2.08. The van der Waals surface area contributed by atoms with Gasteiger partial charge in [-0.2, -0.15) is 0 Å². The lowest BCUT2D eigenvalue weighted by atomic mass is 10.0. The zero-order valence-corrected chi connectivity index (χ0v) is 15.4. The monoisotopic (exact) mass is 388 g/mol. The highest BCUT2D eigenvalue weighted by Crippen LogP contribution is 2.36. The van der Waals surface area contributed by atoms with Gasteiger partial charge in [0.25, 0.3) is 0 Å². The minimum absolute atomic E-state index is 0.0653. The fraction of sp³-hybridized carbons (Fsp3) is 0.105. The largest absolute Gasteiger partial charge is 0.478 e. The molecule has 0 amide bonds. The van der Waals surface area contributed by atoms with Crippen molar-refractivity contribution in [2.75, 3.05) is 0 Å². The Morgan fingerprint density at radius 1 is 1.08 bits per heavy atom. The van der Waals surface area contributed by atoms with Crippen LogP contribution in [-0.4, -0.2) is 21.7 Å². The SMILES string of the molecule is O=C(O)c1ccccc1CC(=S)CC(=O)c1sc2ccccc2c1Cl. The summed E-state index contributed by atoms with van der Waals surface area (Å²) in [5, 5.41) is 10.5. The molecule has 2 aromatic carbocycles. The normalized spacial score (nSPS) is 10.8. The van der Waals surface area contributed by atoms with Gasteiger partial charge in [-0.3, -0.25) is 4.79 Å². The second kappa shape index (κ2) is 7.44. The van der Waals surface area contributed by atoms with Crippen molar-refractivity contribution in [3.05, 3.63) is 69.6 Å². The van der Waals surface area contributed by atoms with Gasteiger partial charge in [-0.25, -0.2) is 4.79 Å². The van der Waals surface area contributed by atoms with E-state index in [2.05, 4.69) is 0 Å². The molecule has 0 fully saturated rings. The topological polar surface area (TPSA) is 54.4 Å². The van der Waals surface area contributed by atoms with Crippen molar-refractivity contribution in [1.29, 1.82) is 0 Å². The first-order chi connectivity index (χ1) is 12.0. The molecule has 3 rings (SSSR count). The zero-order valence-electron chi connectivity index (χ0n) is 13.0. The van der Waals surface area contributed by atoms with Gasteiger partial charge < -0.3 is 5.11 Å². The maximum Gasteiger partial charge on any atom is 0.335 e. The van der Waals surface area contributed by atoms with Crippen molar-refractivity contribution in [2.24, 2.45) is 0 Å². The van der Waals surface area contributed by atoms with E-state index in [4.69, 9.17) is 23.8 Å². The van der Waals surface area contributed by atoms with E-state index in [1.807, 2.05) is 24.3 Å². The number of hydrogen-bond acceptors (Lipinski definition) is 4. The summed E-state index contributed by atoms with van der Waals surface area (Å²) in [6.45, 7) is 0. The lowest BCUT2D eigenvalue weighted by molar-refractivity contribution is 0.0695. The number of hydrogen-bond donors (Lipinski definition) is 1. The second-order valence-corrected chi connectivity index (χ2v) is 7.53. The Labute approximate surface area is 158 Å². The van der Waals surface area contributed by atoms with E-state index in [9.17, 15) is 14.7 Å². The highest BCUT2D eigenvalue weighted by molar-refractivity contribution is 7.80. The number of carbonyl (C=O) groups is 2. The van der Waals surface area contributed by atoms with E-state index in [1.165, 1.54) is 17.4 Å². The van der Waals surface area contributed by atoms with Crippen molar-refractivity contribution in [3.63, 3.8) is 0 Å². The van der Waals surface area contributed by atoms with Gasteiger partial charge in [-0.15, -0.1) is 11.3 Å². The smallest absolute Gasteiger partial charge is 0.335 e. The Morgan fingerprint density at radius 3 is 2.48 bits per heavy atom. The Kier molecular flexibility index (Phi) is 5.27. The first-order valence-corrected chi connectivity index (χ1v) is 9.10. The van der Waals surface area contributed by atoms with E-state index in [0.717, 1.165) is 10.1 Å². The second-order valence-electron chi connectivity index (χ2n) is 5.52. The van der Waals surface area contributed by atoms with Crippen LogP contribution in [0.25, 0.3) is 10.1 Å². The van der Waals surface area contributed by atoms with Crippen LogP contribution in [0.15, 0.2) is 48.5 Å². The fourth-order valence-corrected chi connectivity index (χ4v) is 4.37. The standard InChI is InChI=1S/C19H13ClO3S2/c20-17-14-7-3-4-8-16(14)25-18(17)15(21)10-12(24)9-11-5-1-2-6-13(11)19(22)23/h1-8H,9-10H2,(H,22,23). The summed E-state index contributed by atoms with van der Waals surface area (Å²) < 4.78 is 0.956. The molecular formula is C19H13ClO3S2. The molecule has 0 saturated carbocycles. The molecule has 6 heteroatoms. The number of rotatable bonds is 6. The number of benzene rings is 2. The molecule has 0 bridgehead atoms. The van der Waals surface area contributed by atoms with Crippen LogP contribution in [0.2, 0.25) is 5.02 Å². The van der Waals surface area contributed by atoms with E-state index in [0.29, 0.717) is 20.3 Å². The number of ketones is 1. The van der Waals surface area contributed by atoms with Crippen LogP contribution in [0.5, 0.6) is 0 Å². The fourth-order valence-electron chi connectivity index (χ4n) is 2.61. The molecule has 0 spiro atoms. The van der Waals surface area contributed by atoms with Crippen molar-refractivity contribution >= 4 is 61.9 Å². The molecule has 1 aromatic heterocycles. The summed E-state index contributed by atoms with van der Waals surface area (Å²) in [6, 6.07) is 14.3. The van der Waals surface area contributed by atoms with Crippen molar-refractivity contribution in [3.8, 4) is 0 Å². The quantitative estimate of drug-likeness (QED) is 0.451. The number of aromatic carboxylic acids is 1. The maximum absolute atomic E-state index is 12.6. The third-order valence-corrected chi connectivity index (χ3v) is 5.79. The number of halogens is 1. The highest BCUT2D eigenvalue weighted by atomic mass is 35.5. The Morgan fingerprint density at radius 2 is 1.76 bits per heavy atom. The van der Waals surface area contributed by atoms with E-state index < -0.39 is 5.97 Å². The number of thiophene rings is 1. The van der Waals surface area contributed by atoms with Crippen LogP contribution in [0.1, 0.15) is 32.0 Å². The summed E-state index contributed by atoms with van der Waals surface area (Å²) in [4.78, 5) is 24.8. The first kappa shape index (κ1) is 17.7. The highest BCUT2D eigenvalue weighted by Gasteiger charge is 2.19. The summed E-state index contributed by atoms with van der Waals surface area (Å²) >= 11 is 13.0. The van der Waals surface area contributed by atoms with Gasteiger partial charge in [0, 0.05) is 27.8 Å². The molecule has 1 N–H and O–H groups in total. The molecule has 1 heterocycles. The minimum atomic E-state index is -1.00. The number of carboxylic acids is 1. The number of fused-ring (bicyclic) bond motifs is 1. The predicted molar refractivity (Wildman–Crippen MR) is 105 cm³/mol. The van der Waals surface area contributed by atoms with Gasteiger partial charge in [-0.05, 0) is 17.7 Å². The molecule has 0 atom stereocenters. The molecule has 3 aromatic rings. The molecule has 0 aliphatic heterocycles. The van der Waals surface area contributed by atoms with Crippen LogP contribution in [0, 0.1) is 0 Å². The van der Waals surface area contributed by atoms with Gasteiger partial charge in [0.1, 0.15) is 0 Å². The number of Topliss-reactive ketones (excluding diaryl/α,β-unsaturated/α-hetero) is 1. The summed E-state index contributed by atoms with van der Waals surface area (Å²) in [6.07, 6.45) is 0.335. The van der Waals surface area contributed by atoms with Crippen LogP contribution < -0.4 is 0 Å². The van der Waals surface area contributed by atoms with Crippen LogP contribution in [0.4, 0.5) is 0 Å². The molecule has 126 valence electrons. The predicted octanol–water partition coefficient (Wildman–Crippen LogP) is 5.44. The van der Waals surface area contributed by atoms with Crippen molar-refractivity contribution < 1.29 is 14.7 Å². The number of thiocarbonyl (C=S) groups is 1. The first-order valence-electron chi connectivity index (χ1n) is 7.50. The molecule has 0 saturated heterocycles. The van der Waals surface area contributed by atoms with E-state index >= 15 is 0 Å². The summed E-state index contributed by atoms with van der Waals surface area (Å²) in [7, 11) is 0. The zero-order chi connectivity index (χ0) is 18.0. The average molecular weight is 389 g/mol. The molecule has 25 heavy (non-hydrogen) atoms. The average Bonchev–Trinajstić information content (AvgIpc) is 2.92.